The molecule has 5 heteroatoms. The molecular formula is C22H34O5. The first kappa shape index (κ1) is 25.1. The largest absolute Gasteiger partial charge is 0.481 e. The van der Waals surface area contributed by atoms with Crippen LogP contribution in [0, 0.1) is 0 Å². The van der Waals surface area contributed by atoms with Crippen LogP contribution in [0.25, 0.3) is 0 Å². The van der Waals surface area contributed by atoms with Crippen molar-refractivity contribution in [2.75, 3.05) is 0 Å². The summed E-state index contributed by atoms with van der Waals surface area (Å²) < 4.78 is 0. The van der Waals surface area contributed by atoms with Crippen molar-refractivity contribution in [1.29, 1.82) is 0 Å². The van der Waals surface area contributed by atoms with E-state index in [9.17, 15) is 20.1 Å². The highest BCUT2D eigenvalue weighted by atomic mass is 16.4. The maximum absolute atomic E-state index is 10.3. The van der Waals surface area contributed by atoms with Gasteiger partial charge in [-0.25, -0.2) is 0 Å². The Morgan fingerprint density at radius 3 is 2.07 bits per heavy atom. The molecule has 0 saturated heterocycles. The molecular weight excluding hydrogens is 344 g/mol. The maximum atomic E-state index is 10.3. The molecule has 0 aromatic rings. The summed E-state index contributed by atoms with van der Waals surface area (Å²) in [6.45, 7) is 1.82. The molecule has 0 amide bonds. The molecule has 3 atom stereocenters. The van der Waals surface area contributed by atoms with E-state index in [1.165, 1.54) is 0 Å². The molecule has 0 spiro atoms. The molecule has 0 heterocycles. The van der Waals surface area contributed by atoms with Gasteiger partial charge in [0.05, 0.1) is 18.3 Å². The van der Waals surface area contributed by atoms with Gasteiger partial charge >= 0.3 is 5.97 Å². The highest BCUT2D eigenvalue weighted by Gasteiger charge is 2.11. The number of aliphatic hydroxyl groups is 3. The molecule has 0 aliphatic carbocycles. The van der Waals surface area contributed by atoms with Gasteiger partial charge in [-0.3, -0.25) is 4.79 Å². The smallest absolute Gasteiger partial charge is 0.303 e. The van der Waals surface area contributed by atoms with Gasteiger partial charge in [0.2, 0.25) is 0 Å². The number of hydrogen-bond donors (Lipinski definition) is 4. The third kappa shape index (κ3) is 17.2. The van der Waals surface area contributed by atoms with Crippen LogP contribution in [0.4, 0.5) is 0 Å². The van der Waals surface area contributed by atoms with Crippen LogP contribution in [-0.4, -0.2) is 44.7 Å². The molecule has 0 aromatic heterocycles. The lowest BCUT2D eigenvalue weighted by molar-refractivity contribution is -0.136. The lowest BCUT2D eigenvalue weighted by Gasteiger charge is -2.13. The average Bonchev–Trinajstić information content (AvgIpc) is 2.64. The third-order valence-corrected chi connectivity index (χ3v) is 3.77. The Hall–Kier alpha value is -1.95. The Bertz CT molecular complexity index is 517. The zero-order valence-electron chi connectivity index (χ0n) is 16.2. The number of carboxylic acid groups (broad SMARTS) is 1. The van der Waals surface area contributed by atoms with Gasteiger partial charge in [0.1, 0.15) is 0 Å². The number of aliphatic hydroxyl groups excluding tert-OH is 3. The minimum Gasteiger partial charge on any atom is -0.481 e. The van der Waals surface area contributed by atoms with Crippen LogP contribution >= 0.6 is 0 Å². The first-order valence-electron chi connectivity index (χ1n) is 9.51. The second kappa shape index (κ2) is 17.5. The summed E-state index contributed by atoms with van der Waals surface area (Å²) in [5.41, 5.74) is 0. The van der Waals surface area contributed by atoms with E-state index in [1.54, 1.807) is 24.3 Å². The van der Waals surface area contributed by atoms with Crippen molar-refractivity contribution in [2.24, 2.45) is 0 Å². The molecule has 0 bridgehead atoms. The van der Waals surface area contributed by atoms with E-state index in [1.807, 2.05) is 43.4 Å². The number of carboxylic acids is 1. The van der Waals surface area contributed by atoms with Crippen LogP contribution in [-0.2, 0) is 4.79 Å². The second-order valence-electron chi connectivity index (χ2n) is 6.21. The summed E-state index contributed by atoms with van der Waals surface area (Å²) in [6, 6.07) is 0. The third-order valence-electron chi connectivity index (χ3n) is 3.77. The predicted octanol–water partition coefficient (Wildman–Crippen LogP) is 3.69. The van der Waals surface area contributed by atoms with Crippen molar-refractivity contribution in [1.82, 2.24) is 0 Å². The molecule has 0 saturated carbocycles. The molecule has 3 unspecified atom stereocenters. The van der Waals surface area contributed by atoms with Crippen molar-refractivity contribution in [3.63, 3.8) is 0 Å². The number of allylic oxidation sites excluding steroid dienone is 7. The van der Waals surface area contributed by atoms with E-state index < -0.39 is 24.3 Å². The molecule has 0 radical (unpaired) electrons. The van der Waals surface area contributed by atoms with Crippen molar-refractivity contribution in [3.8, 4) is 0 Å². The van der Waals surface area contributed by atoms with Gasteiger partial charge in [0, 0.05) is 6.42 Å². The summed E-state index contributed by atoms with van der Waals surface area (Å²) in [5, 5.41) is 37.3. The van der Waals surface area contributed by atoms with Crippen LogP contribution in [0.3, 0.4) is 0 Å². The van der Waals surface area contributed by atoms with Crippen LogP contribution in [0.15, 0.2) is 60.8 Å². The maximum Gasteiger partial charge on any atom is 0.303 e. The summed E-state index contributed by atoms with van der Waals surface area (Å²) in [6.07, 6.45) is 20.5. The van der Waals surface area contributed by atoms with E-state index in [-0.39, 0.29) is 6.42 Å². The van der Waals surface area contributed by atoms with Gasteiger partial charge in [-0.2, -0.15) is 0 Å². The highest BCUT2D eigenvalue weighted by Crippen LogP contribution is 2.04. The minimum atomic E-state index is -0.779. The fourth-order valence-electron chi connectivity index (χ4n) is 2.10. The van der Waals surface area contributed by atoms with Crippen molar-refractivity contribution >= 4 is 5.97 Å². The highest BCUT2D eigenvalue weighted by molar-refractivity contribution is 5.66. The predicted molar refractivity (Wildman–Crippen MR) is 109 cm³/mol. The zero-order valence-corrected chi connectivity index (χ0v) is 16.2. The van der Waals surface area contributed by atoms with Gasteiger partial charge in [0.15, 0.2) is 0 Å². The number of hydrogen-bond acceptors (Lipinski definition) is 4. The average molecular weight is 379 g/mol. The Balaban J connectivity index is 3.80. The van der Waals surface area contributed by atoms with Gasteiger partial charge in [-0.05, 0) is 38.5 Å². The van der Waals surface area contributed by atoms with E-state index in [4.69, 9.17) is 5.11 Å². The van der Waals surface area contributed by atoms with Gasteiger partial charge in [-0.1, -0.05) is 67.7 Å². The summed E-state index contributed by atoms with van der Waals surface area (Å²) in [5.74, 6) is -0.779. The SMILES string of the molecule is CCC(O)C(O)C/C=C\C=C\C(O)C/C=C\C/C=C\C/C=C\CCC(=O)O. The first-order chi connectivity index (χ1) is 13.0. The van der Waals surface area contributed by atoms with E-state index in [0.29, 0.717) is 25.7 Å². The monoisotopic (exact) mass is 378 g/mol. The lowest BCUT2D eigenvalue weighted by atomic mass is 10.1. The Labute approximate surface area is 162 Å². The van der Waals surface area contributed by atoms with Gasteiger partial charge in [0.25, 0.3) is 0 Å². The fraction of sp³-hybridized carbons (Fsp3) is 0.500. The topological polar surface area (TPSA) is 98.0 Å². The van der Waals surface area contributed by atoms with Crippen LogP contribution in [0.1, 0.15) is 51.9 Å². The second-order valence-corrected chi connectivity index (χ2v) is 6.21. The Kier molecular flexibility index (Phi) is 16.2. The van der Waals surface area contributed by atoms with Crippen molar-refractivity contribution in [3.05, 3.63) is 60.8 Å². The summed E-state index contributed by atoms with van der Waals surface area (Å²) >= 11 is 0. The van der Waals surface area contributed by atoms with Crippen LogP contribution < -0.4 is 0 Å². The van der Waals surface area contributed by atoms with Gasteiger partial charge in [-0.15, -0.1) is 0 Å². The molecule has 4 N–H and O–H groups in total. The molecule has 0 aromatic carbocycles. The first-order valence-corrected chi connectivity index (χ1v) is 9.51. The minimum absolute atomic E-state index is 0.166. The standard InChI is InChI=1S/C22H34O5/c1-2-20(24)21(25)17-13-10-12-16-19(23)15-11-8-6-4-3-5-7-9-14-18-22(26)27/h3-4,7-13,16,19-21,23-25H,2,5-6,14-15,17-18H2,1H3,(H,26,27)/b4-3-,9-7-,11-8-,13-10-,16-12+. The summed E-state index contributed by atoms with van der Waals surface area (Å²) in [4.78, 5) is 10.3. The summed E-state index contributed by atoms with van der Waals surface area (Å²) in [7, 11) is 0. The normalized spacial score (nSPS) is 16.3. The van der Waals surface area contributed by atoms with Crippen LogP contribution in [0.2, 0.25) is 0 Å². The number of aliphatic carboxylic acids is 1. The quantitative estimate of drug-likeness (QED) is 0.257. The van der Waals surface area contributed by atoms with E-state index in [0.717, 1.165) is 12.8 Å². The fourth-order valence-corrected chi connectivity index (χ4v) is 2.10. The zero-order chi connectivity index (χ0) is 20.3. The molecule has 0 aliphatic heterocycles. The number of rotatable bonds is 15. The molecule has 0 rings (SSSR count). The molecule has 5 nitrogen and oxygen atoms in total. The molecule has 0 aliphatic rings. The lowest BCUT2D eigenvalue weighted by Crippen LogP contribution is -2.23. The Morgan fingerprint density at radius 1 is 0.815 bits per heavy atom. The Morgan fingerprint density at radius 2 is 1.44 bits per heavy atom. The molecule has 0 fully saturated rings. The molecule has 152 valence electrons. The van der Waals surface area contributed by atoms with E-state index >= 15 is 0 Å². The number of carbonyl (C=O) groups is 1. The van der Waals surface area contributed by atoms with Crippen LogP contribution in [0.5, 0.6) is 0 Å². The van der Waals surface area contributed by atoms with E-state index in [2.05, 4.69) is 0 Å². The molecule has 27 heavy (non-hydrogen) atoms. The van der Waals surface area contributed by atoms with Crippen molar-refractivity contribution in [2.45, 2.75) is 70.2 Å². The van der Waals surface area contributed by atoms with Crippen molar-refractivity contribution < 1.29 is 25.2 Å². The van der Waals surface area contributed by atoms with Gasteiger partial charge < -0.3 is 20.4 Å².